The van der Waals surface area contributed by atoms with E-state index in [1.54, 1.807) is 18.2 Å². The van der Waals surface area contributed by atoms with Gasteiger partial charge in [0.25, 0.3) is 11.8 Å². The van der Waals surface area contributed by atoms with Crippen LogP contribution in [-0.4, -0.2) is 29.8 Å². The average molecular weight is 415 g/mol. The summed E-state index contributed by atoms with van der Waals surface area (Å²) in [5.41, 5.74) is 3.42. The lowest BCUT2D eigenvalue weighted by Gasteiger charge is -2.11. The van der Waals surface area contributed by atoms with Crippen molar-refractivity contribution in [1.29, 1.82) is 0 Å². The van der Waals surface area contributed by atoms with E-state index < -0.39 is 0 Å². The number of hydrogen-bond donors (Lipinski definition) is 1. The summed E-state index contributed by atoms with van der Waals surface area (Å²) in [7, 11) is 1.53. The normalized spacial score (nSPS) is 10.5. The highest BCUT2D eigenvalue weighted by Gasteiger charge is 2.14. The number of aryl methyl sites for hydroxylation is 1. The molecule has 0 aliphatic carbocycles. The molecule has 4 aromatic rings. The van der Waals surface area contributed by atoms with Gasteiger partial charge in [-0.05, 0) is 49.4 Å². The number of ether oxygens (including phenoxy) is 2. The van der Waals surface area contributed by atoms with Gasteiger partial charge in [-0.15, -0.1) is 0 Å². The highest BCUT2D eigenvalue weighted by atomic mass is 16.5. The van der Waals surface area contributed by atoms with Crippen molar-refractivity contribution < 1.29 is 18.8 Å². The minimum absolute atomic E-state index is 0.148. The third kappa shape index (κ3) is 4.90. The topological polar surface area (TPSA) is 86.5 Å². The van der Waals surface area contributed by atoms with Crippen LogP contribution in [0.25, 0.3) is 22.8 Å². The lowest BCUT2D eigenvalue weighted by atomic mass is 10.1. The molecule has 0 aliphatic heterocycles. The van der Waals surface area contributed by atoms with E-state index in [-0.39, 0.29) is 12.5 Å². The molecule has 0 spiro atoms. The Kier molecular flexibility index (Phi) is 5.93. The number of hydrogen-bond acceptors (Lipinski definition) is 6. The van der Waals surface area contributed by atoms with Gasteiger partial charge >= 0.3 is 0 Å². The van der Waals surface area contributed by atoms with Gasteiger partial charge in [-0.1, -0.05) is 41.1 Å². The third-order valence-electron chi connectivity index (χ3n) is 4.56. The first-order valence-corrected chi connectivity index (χ1v) is 9.69. The Morgan fingerprint density at radius 1 is 0.968 bits per heavy atom. The van der Waals surface area contributed by atoms with Crippen LogP contribution in [-0.2, 0) is 4.79 Å². The molecule has 1 amide bonds. The van der Waals surface area contributed by atoms with Crippen molar-refractivity contribution in [2.45, 2.75) is 6.92 Å². The van der Waals surface area contributed by atoms with Crippen LogP contribution in [0.3, 0.4) is 0 Å². The standard InChI is InChI=1S/C24H21N3O4/c1-16-8-10-17(11-9-16)24-26-23(27-31-24)18-12-13-20(21(14-18)29-2)30-15-22(28)25-19-6-4-3-5-7-19/h3-14H,15H2,1-2H3,(H,25,28). The minimum atomic E-state index is -0.266. The number of methoxy groups -OCH3 is 1. The summed E-state index contributed by atoms with van der Waals surface area (Å²) < 4.78 is 16.5. The zero-order valence-corrected chi connectivity index (χ0v) is 17.2. The fourth-order valence-electron chi connectivity index (χ4n) is 2.94. The molecule has 0 bridgehead atoms. The molecule has 4 rings (SSSR count). The highest BCUT2D eigenvalue weighted by Crippen LogP contribution is 2.32. The second-order valence-corrected chi connectivity index (χ2v) is 6.86. The molecule has 0 unspecified atom stereocenters. The van der Waals surface area contributed by atoms with Crippen molar-refractivity contribution in [3.05, 3.63) is 78.4 Å². The molecule has 0 aliphatic rings. The summed E-state index contributed by atoms with van der Waals surface area (Å²) >= 11 is 0. The van der Waals surface area contributed by atoms with E-state index in [2.05, 4.69) is 15.5 Å². The number of nitrogens with zero attached hydrogens (tertiary/aromatic N) is 2. The van der Waals surface area contributed by atoms with Gasteiger partial charge in [-0.3, -0.25) is 4.79 Å². The molecule has 0 fully saturated rings. The highest BCUT2D eigenvalue weighted by molar-refractivity contribution is 5.91. The van der Waals surface area contributed by atoms with Crippen molar-refractivity contribution in [2.75, 3.05) is 19.0 Å². The molecule has 0 saturated heterocycles. The first-order chi connectivity index (χ1) is 15.1. The van der Waals surface area contributed by atoms with Gasteiger partial charge in [0, 0.05) is 16.8 Å². The Morgan fingerprint density at radius 3 is 2.45 bits per heavy atom. The number of amides is 1. The number of carbonyl (C=O) groups is 1. The predicted octanol–water partition coefficient (Wildman–Crippen LogP) is 4.74. The second kappa shape index (κ2) is 9.13. The van der Waals surface area contributed by atoms with Gasteiger partial charge in [0.2, 0.25) is 5.82 Å². The molecule has 1 aromatic heterocycles. The lowest BCUT2D eigenvalue weighted by Crippen LogP contribution is -2.20. The predicted molar refractivity (Wildman–Crippen MR) is 117 cm³/mol. The van der Waals surface area contributed by atoms with Crippen LogP contribution in [0.2, 0.25) is 0 Å². The molecule has 0 atom stereocenters. The monoisotopic (exact) mass is 415 g/mol. The number of nitrogens with one attached hydrogen (secondary N) is 1. The molecule has 0 saturated carbocycles. The van der Waals surface area contributed by atoms with E-state index >= 15 is 0 Å². The zero-order chi connectivity index (χ0) is 21.6. The SMILES string of the molecule is COc1cc(-c2noc(-c3ccc(C)cc3)n2)ccc1OCC(=O)Nc1ccccc1. The second-order valence-electron chi connectivity index (χ2n) is 6.86. The van der Waals surface area contributed by atoms with Crippen molar-refractivity contribution in [3.63, 3.8) is 0 Å². The summed E-state index contributed by atoms with van der Waals surface area (Å²) in [5, 5.41) is 6.84. The molecule has 7 heteroatoms. The van der Waals surface area contributed by atoms with E-state index in [0.717, 1.165) is 11.1 Å². The molecule has 156 valence electrons. The van der Waals surface area contributed by atoms with Gasteiger partial charge in [-0.2, -0.15) is 4.98 Å². The van der Waals surface area contributed by atoms with Gasteiger partial charge in [-0.25, -0.2) is 0 Å². The van der Waals surface area contributed by atoms with Gasteiger partial charge in [0.15, 0.2) is 18.1 Å². The van der Waals surface area contributed by atoms with Crippen molar-refractivity contribution in [1.82, 2.24) is 10.1 Å². The first kappa shape index (κ1) is 20.2. The van der Waals surface area contributed by atoms with Gasteiger partial charge in [0.05, 0.1) is 7.11 Å². The molecular weight excluding hydrogens is 394 g/mol. The number of anilines is 1. The molecule has 1 heterocycles. The number of para-hydroxylation sites is 1. The largest absolute Gasteiger partial charge is 0.493 e. The molecule has 3 aromatic carbocycles. The van der Waals surface area contributed by atoms with Crippen LogP contribution in [0, 0.1) is 6.92 Å². The fourth-order valence-corrected chi connectivity index (χ4v) is 2.94. The van der Waals surface area contributed by atoms with Crippen molar-refractivity contribution in [3.8, 4) is 34.3 Å². The van der Waals surface area contributed by atoms with E-state index in [9.17, 15) is 4.79 Å². The van der Waals surface area contributed by atoms with Crippen LogP contribution >= 0.6 is 0 Å². The molecular formula is C24H21N3O4. The fraction of sp³-hybridized carbons (Fsp3) is 0.125. The maximum atomic E-state index is 12.1. The minimum Gasteiger partial charge on any atom is -0.493 e. The average Bonchev–Trinajstić information content (AvgIpc) is 3.29. The van der Waals surface area contributed by atoms with Gasteiger partial charge in [0.1, 0.15) is 0 Å². The van der Waals surface area contributed by atoms with Crippen molar-refractivity contribution in [2.24, 2.45) is 0 Å². The maximum Gasteiger partial charge on any atom is 0.262 e. The summed E-state index contributed by atoms with van der Waals surface area (Å²) in [6.45, 7) is 1.87. The number of rotatable bonds is 7. The quantitative estimate of drug-likeness (QED) is 0.469. The molecule has 1 N–H and O–H groups in total. The van der Waals surface area contributed by atoms with Crippen LogP contribution < -0.4 is 14.8 Å². The molecule has 7 nitrogen and oxygen atoms in total. The van der Waals surface area contributed by atoms with E-state index in [4.69, 9.17) is 14.0 Å². The number of benzene rings is 3. The molecule has 0 radical (unpaired) electrons. The third-order valence-corrected chi connectivity index (χ3v) is 4.56. The summed E-state index contributed by atoms with van der Waals surface area (Å²) in [6.07, 6.45) is 0. The Labute approximate surface area is 179 Å². The number of carbonyl (C=O) groups excluding carboxylic acids is 1. The van der Waals surface area contributed by atoms with Crippen LogP contribution in [0.1, 0.15) is 5.56 Å². The van der Waals surface area contributed by atoms with E-state index in [1.165, 1.54) is 7.11 Å². The Hall–Kier alpha value is -4.13. The number of aromatic nitrogens is 2. The summed E-state index contributed by atoms with van der Waals surface area (Å²) in [5.74, 6) is 1.51. The Morgan fingerprint density at radius 2 is 1.71 bits per heavy atom. The van der Waals surface area contributed by atoms with Crippen LogP contribution in [0.5, 0.6) is 11.5 Å². The van der Waals surface area contributed by atoms with E-state index in [0.29, 0.717) is 34.5 Å². The molecule has 31 heavy (non-hydrogen) atoms. The van der Waals surface area contributed by atoms with Crippen molar-refractivity contribution >= 4 is 11.6 Å². The Bertz CT molecular complexity index is 1170. The zero-order valence-electron chi connectivity index (χ0n) is 17.2. The summed E-state index contributed by atoms with van der Waals surface area (Å²) in [4.78, 5) is 16.6. The van der Waals surface area contributed by atoms with Gasteiger partial charge < -0.3 is 19.3 Å². The Balaban J connectivity index is 1.45. The smallest absolute Gasteiger partial charge is 0.262 e. The van der Waals surface area contributed by atoms with Crippen LogP contribution in [0.4, 0.5) is 5.69 Å². The summed E-state index contributed by atoms with van der Waals surface area (Å²) in [6, 6.07) is 22.3. The first-order valence-electron chi connectivity index (χ1n) is 9.69. The maximum absolute atomic E-state index is 12.1. The van der Waals surface area contributed by atoms with Crippen LogP contribution in [0.15, 0.2) is 77.3 Å². The lowest BCUT2D eigenvalue weighted by molar-refractivity contribution is -0.118. The van der Waals surface area contributed by atoms with E-state index in [1.807, 2.05) is 61.5 Å².